The number of rotatable bonds is 0. The first-order valence-electron chi connectivity index (χ1n) is 4.10. The second-order valence-electron chi connectivity index (χ2n) is 3.09. The van der Waals surface area contributed by atoms with Crippen LogP contribution in [0.25, 0.3) is 5.57 Å². The van der Waals surface area contributed by atoms with Gasteiger partial charge in [0.25, 0.3) is 0 Å². The quantitative estimate of drug-likeness (QED) is 0.564. The number of aryl methyl sites for hydroxylation is 1. The van der Waals surface area contributed by atoms with E-state index in [1.165, 1.54) is 5.56 Å². The van der Waals surface area contributed by atoms with Gasteiger partial charge in [-0.2, -0.15) is 0 Å². The summed E-state index contributed by atoms with van der Waals surface area (Å²) in [6, 6.07) is 4.08. The highest BCUT2D eigenvalue weighted by molar-refractivity contribution is 5.77. The molecule has 1 aromatic rings. The van der Waals surface area contributed by atoms with Gasteiger partial charge in [-0.1, -0.05) is 19.2 Å². The first-order valence-corrected chi connectivity index (χ1v) is 4.10. The number of hydrogen-bond acceptors (Lipinski definition) is 1. The molecular formula is C11H11N. The molecule has 60 valence electrons. The Bertz CT molecular complexity index is 350. The van der Waals surface area contributed by atoms with Crippen molar-refractivity contribution in [3.05, 3.63) is 48.3 Å². The van der Waals surface area contributed by atoms with E-state index in [0.717, 1.165) is 29.7 Å². The lowest BCUT2D eigenvalue weighted by molar-refractivity contribution is 0.923. The smallest absolute Gasteiger partial charge is 0.0730 e. The Hall–Kier alpha value is -1.37. The molecule has 1 heterocycles. The van der Waals surface area contributed by atoms with Crippen molar-refractivity contribution in [1.29, 1.82) is 0 Å². The van der Waals surface area contributed by atoms with Gasteiger partial charge in [-0.25, -0.2) is 0 Å². The lowest BCUT2D eigenvalue weighted by Crippen LogP contribution is -2.04. The second-order valence-corrected chi connectivity index (χ2v) is 3.09. The summed E-state index contributed by atoms with van der Waals surface area (Å²) in [6.07, 6.45) is 3.89. The van der Waals surface area contributed by atoms with Crippen molar-refractivity contribution in [1.82, 2.24) is 4.98 Å². The molecule has 0 amide bonds. The van der Waals surface area contributed by atoms with Crippen molar-refractivity contribution in [3.63, 3.8) is 0 Å². The van der Waals surface area contributed by atoms with Gasteiger partial charge in [0.05, 0.1) is 5.69 Å². The van der Waals surface area contributed by atoms with Crippen molar-refractivity contribution >= 4 is 5.57 Å². The number of nitrogens with zero attached hydrogens (tertiary/aromatic N) is 1. The van der Waals surface area contributed by atoms with Gasteiger partial charge in [0, 0.05) is 6.20 Å². The summed E-state index contributed by atoms with van der Waals surface area (Å²) in [7, 11) is 0. The minimum absolute atomic E-state index is 1.01. The fourth-order valence-corrected chi connectivity index (χ4v) is 1.52. The van der Waals surface area contributed by atoms with E-state index in [1.807, 2.05) is 12.3 Å². The van der Waals surface area contributed by atoms with Crippen LogP contribution in [0.1, 0.15) is 17.7 Å². The van der Waals surface area contributed by atoms with Crippen LogP contribution in [0, 0.1) is 0 Å². The number of hydrogen-bond donors (Lipinski definition) is 0. The molecule has 1 aliphatic rings. The third kappa shape index (κ3) is 0.981. The van der Waals surface area contributed by atoms with Crippen LogP contribution in [0.4, 0.5) is 0 Å². The zero-order chi connectivity index (χ0) is 8.55. The third-order valence-electron chi connectivity index (χ3n) is 2.30. The SMILES string of the molecule is C=C1CCc2cccnc2C1=C. The highest BCUT2D eigenvalue weighted by atomic mass is 14.7. The average Bonchev–Trinajstić information content (AvgIpc) is 2.12. The topological polar surface area (TPSA) is 12.9 Å². The lowest BCUT2D eigenvalue weighted by Gasteiger charge is -2.18. The van der Waals surface area contributed by atoms with Gasteiger partial charge in [0.1, 0.15) is 0 Å². The van der Waals surface area contributed by atoms with Crippen molar-refractivity contribution in [2.45, 2.75) is 12.8 Å². The molecule has 1 heteroatoms. The summed E-state index contributed by atoms with van der Waals surface area (Å²) in [5, 5.41) is 0. The minimum atomic E-state index is 1.01. The van der Waals surface area contributed by atoms with Gasteiger partial charge in [0.2, 0.25) is 0 Å². The van der Waals surface area contributed by atoms with Crippen LogP contribution in [0.3, 0.4) is 0 Å². The second kappa shape index (κ2) is 2.59. The first kappa shape index (κ1) is 7.29. The Morgan fingerprint density at radius 2 is 2.08 bits per heavy atom. The van der Waals surface area contributed by atoms with Gasteiger partial charge in [-0.3, -0.25) is 4.98 Å². The maximum absolute atomic E-state index is 4.29. The van der Waals surface area contributed by atoms with E-state index in [-0.39, 0.29) is 0 Å². The molecule has 0 bridgehead atoms. The molecule has 0 aliphatic heterocycles. The maximum Gasteiger partial charge on any atom is 0.0730 e. The first-order chi connectivity index (χ1) is 5.79. The predicted molar refractivity (Wildman–Crippen MR) is 50.7 cm³/mol. The van der Waals surface area contributed by atoms with E-state index in [9.17, 15) is 0 Å². The Labute approximate surface area is 72.5 Å². The van der Waals surface area contributed by atoms with Gasteiger partial charge in [-0.05, 0) is 35.6 Å². The van der Waals surface area contributed by atoms with Crippen molar-refractivity contribution in [2.75, 3.05) is 0 Å². The largest absolute Gasteiger partial charge is 0.256 e. The standard InChI is InChI=1S/C11H11N/c1-8-5-6-10-4-3-7-12-11(10)9(8)2/h3-4,7H,1-2,5-6H2. The summed E-state index contributed by atoms with van der Waals surface area (Å²) >= 11 is 0. The molecule has 0 spiro atoms. The molecule has 0 fully saturated rings. The maximum atomic E-state index is 4.29. The summed E-state index contributed by atoms with van der Waals surface area (Å²) < 4.78 is 0. The Balaban J connectivity index is 2.56. The zero-order valence-electron chi connectivity index (χ0n) is 7.01. The monoisotopic (exact) mass is 157 g/mol. The number of allylic oxidation sites excluding steroid dienone is 2. The fraction of sp³-hybridized carbons (Fsp3) is 0.182. The van der Waals surface area contributed by atoms with Crippen LogP contribution < -0.4 is 0 Å². The summed E-state index contributed by atoms with van der Waals surface area (Å²) in [5.41, 5.74) is 4.47. The molecule has 0 N–H and O–H groups in total. The van der Waals surface area contributed by atoms with Crippen molar-refractivity contribution in [2.24, 2.45) is 0 Å². The van der Waals surface area contributed by atoms with Crippen LogP contribution in [-0.4, -0.2) is 4.98 Å². The molecule has 0 saturated carbocycles. The third-order valence-corrected chi connectivity index (χ3v) is 2.30. The Morgan fingerprint density at radius 1 is 1.25 bits per heavy atom. The Morgan fingerprint density at radius 3 is 2.92 bits per heavy atom. The van der Waals surface area contributed by atoms with Crippen LogP contribution in [0.15, 0.2) is 37.1 Å². The van der Waals surface area contributed by atoms with Crippen molar-refractivity contribution < 1.29 is 0 Å². The molecule has 1 aliphatic carbocycles. The average molecular weight is 157 g/mol. The molecule has 1 nitrogen and oxygen atoms in total. The zero-order valence-corrected chi connectivity index (χ0v) is 7.01. The molecule has 0 aromatic carbocycles. The van der Waals surface area contributed by atoms with E-state index in [4.69, 9.17) is 0 Å². The van der Waals surface area contributed by atoms with E-state index in [0.29, 0.717) is 0 Å². The highest BCUT2D eigenvalue weighted by Gasteiger charge is 2.15. The van der Waals surface area contributed by atoms with Crippen LogP contribution in [-0.2, 0) is 6.42 Å². The number of aromatic nitrogens is 1. The van der Waals surface area contributed by atoms with Gasteiger partial charge < -0.3 is 0 Å². The number of pyridine rings is 1. The van der Waals surface area contributed by atoms with Crippen LogP contribution in [0.5, 0.6) is 0 Å². The summed E-state index contributed by atoms with van der Waals surface area (Å²) in [6.45, 7) is 7.93. The molecule has 12 heavy (non-hydrogen) atoms. The fourth-order valence-electron chi connectivity index (χ4n) is 1.52. The number of fused-ring (bicyclic) bond motifs is 1. The minimum Gasteiger partial charge on any atom is -0.256 e. The van der Waals surface area contributed by atoms with Crippen molar-refractivity contribution in [3.8, 4) is 0 Å². The lowest BCUT2D eigenvalue weighted by atomic mass is 9.89. The van der Waals surface area contributed by atoms with E-state index >= 15 is 0 Å². The molecule has 0 radical (unpaired) electrons. The molecular weight excluding hydrogens is 146 g/mol. The van der Waals surface area contributed by atoms with E-state index in [1.54, 1.807) is 0 Å². The van der Waals surface area contributed by atoms with E-state index < -0.39 is 0 Å². The van der Waals surface area contributed by atoms with E-state index in [2.05, 4.69) is 24.2 Å². The highest BCUT2D eigenvalue weighted by Crippen LogP contribution is 2.30. The van der Waals surface area contributed by atoms with Crippen LogP contribution in [0.2, 0.25) is 0 Å². The molecule has 0 atom stereocenters. The molecule has 2 rings (SSSR count). The normalized spacial score (nSPS) is 16.0. The van der Waals surface area contributed by atoms with Gasteiger partial charge in [-0.15, -0.1) is 0 Å². The Kier molecular flexibility index (Phi) is 1.58. The summed E-state index contributed by atoms with van der Waals surface area (Å²) in [4.78, 5) is 4.29. The molecule has 0 unspecified atom stereocenters. The molecule has 1 aromatic heterocycles. The van der Waals surface area contributed by atoms with Gasteiger partial charge in [0.15, 0.2) is 0 Å². The van der Waals surface area contributed by atoms with Crippen LogP contribution >= 0.6 is 0 Å². The molecule has 0 saturated heterocycles. The predicted octanol–water partition coefficient (Wildman–Crippen LogP) is 2.60. The van der Waals surface area contributed by atoms with Gasteiger partial charge >= 0.3 is 0 Å². The summed E-state index contributed by atoms with van der Waals surface area (Å²) in [5.74, 6) is 0.